The van der Waals surface area contributed by atoms with E-state index in [4.69, 9.17) is 9.47 Å². The highest BCUT2D eigenvalue weighted by Gasteiger charge is 2.46. The van der Waals surface area contributed by atoms with Gasteiger partial charge in [0, 0.05) is 42.6 Å². The molecule has 1 aromatic carbocycles. The number of hydrogen-bond acceptors (Lipinski definition) is 4. The number of rotatable bonds is 2. The predicted molar refractivity (Wildman–Crippen MR) is 84.9 cm³/mol. The van der Waals surface area contributed by atoms with Crippen molar-refractivity contribution in [3.63, 3.8) is 0 Å². The van der Waals surface area contributed by atoms with Gasteiger partial charge in [-0.05, 0) is 30.5 Å². The standard InChI is InChI=1S/C16H21BrN2O2/c17-13-8-15-14(20-10-16(1-2-16)11-21-15)7-12(13)9-19-5-3-18-4-6-19/h7-8,18H,1-6,9-11H2. The lowest BCUT2D eigenvalue weighted by atomic mass is 10.1. The topological polar surface area (TPSA) is 33.7 Å². The molecule has 1 spiro atoms. The smallest absolute Gasteiger partial charge is 0.162 e. The van der Waals surface area contributed by atoms with E-state index in [0.717, 1.165) is 61.9 Å². The maximum absolute atomic E-state index is 6.03. The average Bonchev–Trinajstić information content (AvgIpc) is 3.29. The molecule has 1 saturated heterocycles. The zero-order valence-electron chi connectivity index (χ0n) is 12.2. The third-order valence-corrected chi connectivity index (χ3v) is 5.48. The molecule has 4 rings (SSSR count). The second-order valence-corrected chi connectivity index (χ2v) is 7.35. The van der Waals surface area contributed by atoms with E-state index in [1.807, 2.05) is 0 Å². The summed E-state index contributed by atoms with van der Waals surface area (Å²) in [5, 5.41) is 3.39. The highest BCUT2D eigenvalue weighted by atomic mass is 79.9. The van der Waals surface area contributed by atoms with Gasteiger partial charge >= 0.3 is 0 Å². The lowest BCUT2D eigenvalue weighted by Gasteiger charge is -2.27. The first-order chi connectivity index (χ1) is 10.2. The summed E-state index contributed by atoms with van der Waals surface area (Å²) in [6.07, 6.45) is 2.46. The monoisotopic (exact) mass is 352 g/mol. The zero-order chi connectivity index (χ0) is 14.3. The number of nitrogens with one attached hydrogen (secondary N) is 1. The van der Waals surface area contributed by atoms with Gasteiger partial charge < -0.3 is 14.8 Å². The fourth-order valence-electron chi connectivity index (χ4n) is 3.00. The Hall–Kier alpha value is -0.780. The second kappa shape index (κ2) is 5.45. The number of hydrogen-bond donors (Lipinski definition) is 1. The average molecular weight is 353 g/mol. The molecule has 1 saturated carbocycles. The molecule has 1 N–H and O–H groups in total. The largest absolute Gasteiger partial charge is 0.489 e. The molecular weight excluding hydrogens is 332 g/mol. The van der Waals surface area contributed by atoms with Gasteiger partial charge in [0.25, 0.3) is 0 Å². The normalized spacial score (nSPS) is 23.9. The SMILES string of the molecule is Brc1cc2c(cc1CN1CCNCC1)OCC1(CC1)CO2. The Kier molecular flexibility index (Phi) is 3.59. The van der Waals surface area contributed by atoms with E-state index in [-0.39, 0.29) is 0 Å². The van der Waals surface area contributed by atoms with Crippen molar-refractivity contribution in [1.29, 1.82) is 0 Å². The Balaban J connectivity index is 1.54. The van der Waals surface area contributed by atoms with Crippen LogP contribution in [0.4, 0.5) is 0 Å². The van der Waals surface area contributed by atoms with Gasteiger partial charge in [0.15, 0.2) is 11.5 Å². The maximum atomic E-state index is 6.03. The number of ether oxygens (including phenoxy) is 2. The zero-order valence-corrected chi connectivity index (χ0v) is 13.7. The van der Waals surface area contributed by atoms with E-state index in [9.17, 15) is 0 Å². The van der Waals surface area contributed by atoms with Gasteiger partial charge in [-0.3, -0.25) is 4.90 Å². The third-order valence-electron chi connectivity index (χ3n) is 4.74. The van der Waals surface area contributed by atoms with E-state index in [1.165, 1.54) is 18.4 Å². The Labute approximate surface area is 133 Å². The van der Waals surface area contributed by atoms with Crippen molar-refractivity contribution in [1.82, 2.24) is 10.2 Å². The van der Waals surface area contributed by atoms with Crippen LogP contribution in [0.15, 0.2) is 16.6 Å². The molecule has 4 nitrogen and oxygen atoms in total. The molecule has 1 aliphatic carbocycles. The van der Waals surface area contributed by atoms with Gasteiger partial charge in [0.2, 0.25) is 0 Å². The molecule has 0 bridgehead atoms. The first kappa shape index (κ1) is 13.9. The lowest BCUT2D eigenvalue weighted by Crippen LogP contribution is -2.42. The van der Waals surface area contributed by atoms with E-state index in [2.05, 4.69) is 38.3 Å². The third kappa shape index (κ3) is 2.91. The van der Waals surface area contributed by atoms with Crippen LogP contribution in [0.25, 0.3) is 0 Å². The highest BCUT2D eigenvalue weighted by molar-refractivity contribution is 9.10. The molecule has 2 heterocycles. The molecule has 0 amide bonds. The summed E-state index contributed by atoms with van der Waals surface area (Å²) in [6, 6.07) is 4.23. The minimum Gasteiger partial charge on any atom is -0.489 e. The molecule has 1 aromatic rings. The fraction of sp³-hybridized carbons (Fsp3) is 0.625. The lowest BCUT2D eigenvalue weighted by molar-refractivity contribution is 0.197. The molecule has 0 aromatic heterocycles. The van der Waals surface area contributed by atoms with Gasteiger partial charge in [-0.15, -0.1) is 0 Å². The van der Waals surface area contributed by atoms with Crippen LogP contribution < -0.4 is 14.8 Å². The summed E-state index contributed by atoms with van der Waals surface area (Å²) in [5.74, 6) is 1.79. The molecule has 5 heteroatoms. The van der Waals surface area contributed by atoms with Crippen molar-refractivity contribution in [3.05, 3.63) is 22.2 Å². The number of halogens is 1. The number of benzene rings is 1. The van der Waals surface area contributed by atoms with Gasteiger partial charge in [-0.25, -0.2) is 0 Å². The molecule has 0 unspecified atom stereocenters. The number of fused-ring (bicyclic) bond motifs is 1. The Morgan fingerprint density at radius 1 is 1.10 bits per heavy atom. The quantitative estimate of drug-likeness (QED) is 0.886. The van der Waals surface area contributed by atoms with E-state index < -0.39 is 0 Å². The molecule has 0 atom stereocenters. The summed E-state index contributed by atoms with van der Waals surface area (Å²) in [5.41, 5.74) is 1.58. The van der Waals surface area contributed by atoms with Crippen molar-refractivity contribution < 1.29 is 9.47 Å². The molecular formula is C16H21BrN2O2. The summed E-state index contributed by atoms with van der Waals surface area (Å²) in [7, 11) is 0. The van der Waals surface area contributed by atoms with Crippen molar-refractivity contribution in [2.75, 3.05) is 39.4 Å². The van der Waals surface area contributed by atoms with Gasteiger partial charge in [0.1, 0.15) is 0 Å². The van der Waals surface area contributed by atoms with Gasteiger partial charge in [-0.2, -0.15) is 0 Å². The van der Waals surface area contributed by atoms with Crippen LogP contribution in [0.3, 0.4) is 0 Å². The van der Waals surface area contributed by atoms with Crippen molar-refractivity contribution >= 4 is 15.9 Å². The van der Waals surface area contributed by atoms with Crippen LogP contribution in [0.1, 0.15) is 18.4 Å². The van der Waals surface area contributed by atoms with E-state index in [1.54, 1.807) is 0 Å². The number of nitrogens with zero attached hydrogens (tertiary/aromatic N) is 1. The van der Waals surface area contributed by atoms with E-state index in [0.29, 0.717) is 5.41 Å². The minimum atomic E-state index is 0.296. The van der Waals surface area contributed by atoms with Crippen LogP contribution in [0, 0.1) is 5.41 Å². The maximum Gasteiger partial charge on any atom is 0.162 e. The van der Waals surface area contributed by atoms with Crippen LogP contribution in [0.2, 0.25) is 0 Å². The fourth-order valence-corrected chi connectivity index (χ4v) is 3.45. The van der Waals surface area contributed by atoms with Crippen LogP contribution >= 0.6 is 15.9 Å². The van der Waals surface area contributed by atoms with Crippen molar-refractivity contribution in [3.8, 4) is 11.5 Å². The molecule has 2 fully saturated rings. The molecule has 114 valence electrons. The Morgan fingerprint density at radius 2 is 1.76 bits per heavy atom. The van der Waals surface area contributed by atoms with Crippen LogP contribution in [0.5, 0.6) is 11.5 Å². The van der Waals surface area contributed by atoms with Gasteiger partial charge in [0.05, 0.1) is 13.2 Å². The molecule has 0 radical (unpaired) electrons. The first-order valence-corrected chi connectivity index (χ1v) is 8.55. The second-order valence-electron chi connectivity index (χ2n) is 6.49. The van der Waals surface area contributed by atoms with Crippen molar-refractivity contribution in [2.24, 2.45) is 5.41 Å². The van der Waals surface area contributed by atoms with E-state index >= 15 is 0 Å². The summed E-state index contributed by atoms with van der Waals surface area (Å²) >= 11 is 3.69. The Bertz CT molecular complexity index is 539. The van der Waals surface area contributed by atoms with Crippen molar-refractivity contribution in [2.45, 2.75) is 19.4 Å². The molecule has 21 heavy (non-hydrogen) atoms. The molecule has 2 aliphatic heterocycles. The van der Waals surface area contributed by atoms with Crippen LogP contribution in [-0.2, 0) is 6.54 Å². The predicted octanol–water partition coefficient (Wildman–Crippen LogP) is 2.41. The minimum absolute atomic E-state index is 0.296. The summed E-state index contributed by atoms with van der Waals surface area (Å²) in [4.78, 5) is 2.48. The van der Waals surface area contributed by atoms with Crippen LogP contribution in [-0.4, -0.2) is 44.3 Å². The summed E-state index contributed by atoms with van der Waals surface area (Å²) in [6.45, 7) is 6.91. The van der Waals surface area contributed by atoms with Gasteiger partial charge in [-0.1, -0.05) is 15.9 Å². The number of piperazine rings is 1. The Morgan fingerprint density at radius 3 is 2.43 bits per heavy atom. The summed E-state index contributed by atoms with van der Waals surface area (Å²) < 4.78 is 13.1. The highest BCUT2D eigenvalue weighted by Crippen LogP contribution is 2.49. The molecule has 3 aliphatic rings. The first-order valence-electron chi connectivity index (χ1n) is 7.75.